The van der Waals surface area contributed by atoms with Crippen molar-refractivity contribution in [1.29, 1.82) is 0 Å². The summed E-state index contributed by atoms with van der Waals surface area (Å²) in [6, 6.07) is 26.6. The van der Waals surface area contributed by atoms with Crippen LogP contribution in [0.1, 0.15) is 155 Å². The van der Waals surface area contributed by atoms with Gasteiger partial charge in [-0.05, 0) is 191 Å². The maximum absolute atomic E-state index is 12.3. The number of aryl methyl sites for hydroxylation is 1. The van der Waals surface area contributed by atoms with Crippen molar-refractivity contribution in [3.05, 3.63) is 119 Å². The zero-order valence-electron chi connectivity index (χ0n) is 42.8. The summed E-state index contributed by atoms with van der Waals surface area (Å²) < 4.78 is 14.0. The number of aromatic nitrogens is 1. The number of hydrogen-bond donors (Lipinski definition) is 1. The average molecular weight is 923 g/mol. The zero-order chi connectivity index (χ0) is 47.8. The molecule has 0 spiro atoms. The summed E-state index contributed by atoms with van der Waals surface area (Å²) >= 11 is 0. The number of rotatable bonds is 8. The van der Waals surface area contributed by atoms with E-state index in [2.05, 4.69) is 82.3 Å². The molecule has 366 valence electrons. The van der Waals surface area contributed by atoms with Crippen molar-refractivity contribution in [2.75, 3.05) is 0 Å². The quantitative estimate of drug-likeness (QED) is 0.180. The van der Waals surface area contributed by atoms with Crippen molar-refractivity contribution in [3.63, 3.8) is 0 Å². The Morgan fingerprint density at radius 2 is 1.09 bits per heavy atom. The number of aliphatic hydroxyl groups excluding tert-OH is 1. The largest absolute Gasteiger partial charge is 0.440 e. The maximum atomic E-state index is 12.3. The highest BCUT2D eigenvalue weighted by molar-refractivity contribution is 5.80. The zero-order valence-corrected chi connectivity index (χ0v) is 42.8. The fourth-order valence-corrected chi connectivity index (χ4v) is 16.9. The van der Waals surface area contributed by atoms with Crippen molar-refractivity contribution in [2.45, 2.75) is 170 Å². The minimum atomic E-state index is -0.117. The average Bonchev–Trinajstić information content (AvgIpc) is 3.89. The number of ketones is 2. The summed E-state index contributed by atoms with van der Waals surface area (Å²) in [5, 5.41) is 10.1. The highest BCUT2D eigenvalue weighted by Crippen LogP contribution is 2.68. The van der Waals surface area contributed by atoms with Gasteiger partial charge in [-0.1, -0.05) is 112 Å². The van der Waals surface area contributed by atoms with Gasteiger partial charge in [0.25, 0.3) is 0 Å². The molecule has 6 unspecified atom stereocenters. The lowest BCUT2D eigenvalue weighted by Crippen LogP contribution is -2.51. The Kier molecular flexibility index (Phi) is 14.5. The van der Waals surface area contributed by atoms with E-state index in [1.807, 2.05) is 68.1 Å². The Morgan fingerprint density at radius 1 is 0.588 bits per heavy atom. The molecule has 0 amide bonds. The van der Waals surface area contributed by atoms with E-state index in [-0.39, 0.29) is 16.9 Å². The second-order valence-corrected chi connectivity index (χ2v) is 24.1. The molecule has 3 aromatic rings. The highest BCUT2D eigenvalue weighted by atomic mass is 16.5. The first-order chi connectivity index (χ1) is 32.6. The molecule has 0 bridgehead atoms. The molecule has 6 fully saturated rings. The molecule has 2 aromatic carbocycles. The summed E-state index contributed by atoms with van der Waals surface area (Å²) in [5.74, 6) is 6.95. The van der Waals surface area contributed by atoms with E-state index in [9.17, 15) is 14.7 Å². The van der Waals surface area contributed by atoms with E-state index < -0.39 is 0 Å². The molecule has 1 N–H and O–H groups in total. The molecule has 0 saturated heterocycles. The molecule has 11 rings (SSSR count). The van der Waals surface area contributed by atoms with Crippen LogP contribution in [0, 0.1) is 69.0 Å². The van der Waals surface area contributed by atoms with Gasteiger partial charge in [-0.3, -0.25) is 9.59 Å². The van der Waals surface area contributed by atoms with E-state index in [4.69, 9.17) is 9.47 Å². The minimum Gasteiger partial charge on any atom is -0.440 e. The second-order valence-electron chi connectivity index (χ2n) is 24.1. The lowest BCUT2D eigenvalue weighted by Gasteiger charge is -2.58. The van der Waals surface area contributed by atoms with Gasteiger partial charge in [0.15, 0.2) is 6.20 Å². The molecule has 1 heterocycles. The van der Waals surface area contributed by atoms with Gasteiger partial charge in [0.1, 0.15) is 25.2 Å². The third kappa shape index (κ3) is 9.40. The topological polar surface area (TPSA) is 76.7 Å². The third-order valence-corrected chi connectivity index (χ3v) is 20.7. The van der Waals surface area contributed by atoms with Gasteiger partial charge in [0.2, 0.25) is 0 Å². The smallest absolute Gasteiger partial charge is 0.367 e. The number of nitrogens with zero attached hydrogens (tertiary/aromatic N) is 1. The van der Waals surface area contributed by atoms with Gasteiger partial charge in [0.05, 0.1) is 24.9 Å². The normalized spacial score (nSPS) is 38.6. The van der Waals surface area contributed by atoms with Gasteiger partial charge in [-0.2, -0.15) is 4.57 Å². The second kappa shape index (κ2) is 20.1. The van der Waals surface area contributed by atoms with E-state index >= 15 is 0 Å². The summed E-state index contributed by atoms with van der Waals surface area (Å²) in [7, 11) is 1.97. The molecular formula is C62H84NO5+. The molecule has 6 saturated carbocycles. The van der Waals surface area contributed by atoms with Gasteiger partial charge in [-0.25, -0.2) is 0 Å². The standard InChI is InChI=1S/C28H38O2.C21H32O2.C13H14NO/c1-19(29)24-11-12-25-23-10-9-21-17-22(30-18-20-7-5-4-6-8-20)13-15-27(21,2)26(23)14-16-28(24,25)3;1-13(22)17-6-7-18-16-5-4-14-12-15(23)8-10-20(14,2)19(16)9-11-21(17,18)3;1-14-10-6-5-9-13(14)15-11-12-7-3-2-4-8-12/h4-9,22-26H,10-18H2,1-3H3;4,15-19,23H,5-12H2,1-3H3;2-10H,11H2,1H3/q;;+1/t22-,23?,24+,25?,26?,27-,28+;15-,16?,17+,18?,19?,20-,21+;/m00./s1. The van der Waals surface area contributed by atoms with Crippen LogP contribution in [-0.4, -0.2) is 28.9 Å². The number of ether oxygens (including phenoxy) is 2. The first-order valence-electron chi connectivity index (χ1n) is 27.0. The summed E-state index contributed by atoms with van der Waals surface area (Å²) in [6.07, 6.45) is 26.1. The minimum absolute atomic E-state index is 0.117. The van der Waals surface area contributed by atoms with Crippen LogP contribution in [-0.2, 0) is 34.6 Å². The molecule has 0 aliphatic heterocycles. The number of carbonyl (C=O) groups is 2. The summed E-state index contributed by atoms with van der Waals surface area (Å²) in [6.45, 7) is 14.9. The number of pyridine rings is 1. The third-order valence-electron chi connectivity index (χ3n) is 20.7. The van der Waals surface area contributed by atoms with E-state index in [0.717, 1.165) is 86.5 Å². The number of benzene rings is 2. The van der Waals surface area contributed by atoms with Crippen molar-refractivity contribution >= 4 is 11.6 Å². The van der Waals surface area contributed by atoms with E-state index in [0.29, 0.717) is 46.9 Å². The van der Waals surface area contributed by atoms with Crippen molar-refractivity contribution in [2.24, 2.45) is 76.1 Å². The van der Waals surface area contributed by atoms with Gasteiger partial charge in [0, 0.05) is 17.9 Å². The molecule has 6 nitrogen and oxygen atoms in total. The molecule has 14 atom stereocenters. The molecular weight excluding hydrogens is 839 g/mol. The first-order valence-corrected chi connectivity index (χ1v) is 27.0. The molecule has 1 aromatic heterocycles. The number of hydrogen-bond acceptors (Lipinski definition) is 5. The SMILES string of the molecule is CC(=O)[C@H]1CCC2C3CC=C4C[C@@H](O)CC[C@]4(C)C3CC[C@@]21C.CC(=O)[C@H]1CCC2C3CC=C4C[C@@H](OCc5ccccc5)CC[C@]4(C)C3CC[C@@]21C.C[n+]1ccccc1OCc1ccccc1. The first kappa shape index (κ1) is 49.1. The molecule has 6 heteroatoms. The lowest BCUT2D eigenvalue weighted by molar-refractivity contribution is -0.677. The highest BCUT2D eigenvalue weighted by Gasteiger charge is 2.61. The van der Waals surface area contributed by atoms with Crippen LogP contribution in [0.4, 0.5) is 0 Å². The van der Waals surface area contributed by atoms with Crippen LogP contribution >= 0.6 is 0 Å². The molecule has 8 aliphatic carbocycles. The molecule has 0 radical (unpaired) electrons. The summed E-state index contributed by atoms with van der Waals surface area (Å²) in [5.41, 5.74) is 6.86. The predicted octanol–water partition coefficient (Wildman–Crippen LogP) is 13.3. The van der Waals surface area contributed by atoms with Crippen molar-refractivity contribution < 1.29 is 28.7 Å². The van der Waals surface area contributed by atoms with E-state index in [1.54, 1.807) is 11.1 Å². The Morgan fingerprint density at radius 3 is 1.62 bits per heavy atom. The van der Waals surface area contributed by atoms with Crippen molar-refractivity contribution in [3.8, 4) is 5.88 Å². The predicted molar refractivity (Wildman–Crippen MR) is 271 cm³/mol. The molecule has 68 heavy (non-hydrogen) atoms. The number of fused-ring (bicyclic) bond motifs is 10. The van der Waals surface area contributed by atoms with Crippen LogP contribution in [0.2, 0.25) is 0 Å². The van der Waals surface area contributed by atoms with Crippen LogP contribution < -0.4 is 9.30 Å². The number of allylic oxidation sites excluding steroid dienone is 2. The number of aliphatic hydroxyl groups is 1. The van der Waals surface area contributed by atoms with Crippen LogP contribution in [0.5, 0.6) is 5.88 Å². The Labute approximate surface area is 409 Å². The maximum Gasteiger partial charge on any atom is 0.367 e. The van der Waals surface area contributed by atoms with Crippen LogP contribution in [0.15, 0.2) is 108 Å². The van der Waals surface area contributed by atoms with Gasteiger partial charge >= 0.3 is 5.88 Å². The summed E-state index contributed by atoms with van der Waals surface area (Å²) in [4.78, 5) is 24.5. The number of Topliss-reactive ketones (excluding diaryl/α,β-unsaturated/α-hetero) is 2. The van der Waals surface area contributed by atoms with Gasteiger partial charge < -0.3 is 14.6 Å². The Hall–Kier alpha value is -3.87. The number of carbonyl (C=O) groups excluding carboxylic acids is 2. The molecule has 8 aliphatic rings. The lowest BCUT2D eigenvalue weighted by atomic mass is 9.47. The Balaban J connectivity index is 0.000000135. The van der Waals surface area contributed by atoms with Crippen molar-refractivity contribution in [1.82, 2.24) is 0 Å². The van der Waals surface area contributed by atoms with Crippen LogP contribution in [0.3, 0.4) is 0 Å². The Bertz CT molecular complexity index is 2300. The van der Waals surface area contributed by atoms with Crippen LogP contribution in [0.25, 0.3) is 0 Å². The fraction of sp³-hybridized carbons (Fsp3) is 0.629. The van der Waals surface area contributed by atoms with Gasteiger partial charge in [-0.15, -0.1) is 0 Å². The monoisotopic (exact) mass is 923 g/mol. The van der Waals surface area contributed by atoms with E-state index in [1.165, 1.54) is 75.3 Å². The fourth-order valence-electron chi connectivity index (χ4n) is 16.9.